The van der Waals surface area contributed by atoms with Crippen molar-refractivity contribution in [3.05, 3.63) is 41.6 Å². The van der Waals surface area contributed by atoms with Gasteiger partial charge in [0.2, 0.25) is 0 Å². The van der Waals surface area contributed by atoms with Crippen molar-refractivity contribution in [3.63, 3.8) is 0 Å². The molecule has 0 aromatic heterocycles. The molecule has 0 bridgehead atoms. The zero-order valence-electron chi connectivity index (χ0n) is 10.9. The second-order valence-corrected chi connectivity index (χ2v) is 3.63. The summed E-state index contributed by atoms with van der Waals surface area (Å²) in [6, 6.07) is 9.93. The molecule has 0 saturated heterocycles. The number of nitrogens with zero attached hydrogens (tertiary/aromatic N) is 2. The number of nitriles is 2. The molecule has 0 spiro atoms. The third kappa shape index (κ3) is 4.81. The van der Waals surface area contributed by atoms with Crippen LogP contribution in [0.15, 0.2) is 36.0 Å². The van der Waals surface area contributed by atoms with E-state index < -0.39 is 5.97 Å². The van der Waals surface area contributed by atoms with E-state index in [-0.39, 0.29) is 12.2 Å². The lowest BCUT2D eigenvalue weighted by Crippen LogP contribution is -2.09. The maximum atomic E-state index is 11.6. The molecule has 6 nitrogen and oxygen atoms in total. The van der Waals surface area contributed by atoms with Gasteiger partial charge < -0.3 is 14.8 Å². The Bertz CT molecular complexity index is 549. The predicted octanol–water partition coefficient (Wildman–Crippen LogP) is 1.83. The Morgan fingerprint density at radius 2 is 1.90 bits per heavy atom. The highest BCUT2D eigenvalue weighted by molar-refractivity contribution is 5.89. The van der Waals surface area contributed by atoms with Gasteiger partial charge in [0, 0.05) is 19.0 Å². The molecule has 0 aliphatic carbocycles. The van der Waals surface area contributed by atoms with Gasteiger partial charge in [0.25, 0.3) is 0 Å². The van der Waals surface area contributed by atoms with Crippen LogP contribution in [-0.4, -0.2) is 26.3 Å². The van der Waals surface area contributed by atoms with Crippen LogP contribution in [0, 0.1) is 22.7 Å². The van der Waals surface area contributed by atoms with Crippen LogP contribution in [-0.2, 0) is 9.47 Å². The fourth-order valence-corrected chi connectivity index (χ4v) is 1.25. The van der Waals surface area contributed by atoms with E-state index in [9.17, 15) is 4.79 Å². The first-order valence-electron chi connectivity index (χ1n) is 5.74. The fourth-order valence-electron chi connectivity index (χ4n) is 1.25. The first kappa shape index (κ1) is 15.2. The monoisotopic (exact) mass is 271 g/mol. The van der Waals surface area contributed by atoms with E-state index in [1.54, 1.807) is 36.4 Å². The van der Waals surface area contributed by atoms with Gasteiger partial charge in [0.05, 0.1) is 12.2 Å². The minimum absolute atomic E-state index is 0.0342. The lowest BCUT2D eigenvalue weighted by Gasteiger charge is -2.05. The maximum Gasteiger partial charge on any atom is 0.338 e. The molecule has 0 amide bonds. The van der Waals surface area contributed by atoms with E-state index >= 15 is 0 Å². The van der Waals surface area contributed by atoms with Gasteiger partial charge in [0.1, 0.15) is 24.3 Å². The SMILES string of the molecule is COCCOC(=O)c1ccc(NC=C(C#N)C#N)cc1. The number of ether oxygens (including phenoxy) is 2. The molecule has 0 saturated carbocycles. The van der Waals surface area contributed by atoms with Crippen LogP contribution >= 0.6 is 0 Å². The molecule has 102 valence electrons. The van der Waals surface area contributed by atoms with Crippen molar-refractivity contribution in [3.8, 4) is 12.1 Å². The highest BCUT2D eigenvalue weighted by Gasteiger charge is 2.06. The Morgan fingerprint density at radius 3 is 2.45 bits per heavy atom. The number of benzene rings is 1. The van der Waals surface area contributed by atoms with Gasteiger partial charge in [-0.05, 0) is 24.3 Å². The van der Waals surface area contributed by atoms with Crippen LogP contribution in [0.4, 0.5) is 5.69 Å². The number of anilines is 1. The van der Waals surface area contributed by atoms with Gasteiger partial charge in [-0.15, -0.1) is 0 Å². The van der Waals surface area contributed by atoms with Crippen molar-refractivity contribution in [2.75, 3.05) is 25.6 Å². The first-order chi connectivity index (χ1) is 9.71. The van der Waals surface area contributed by atoms with Gasteiger partial charge >= 0.3 is 5.97 Å². The quantitative estimate of drug-likeness (QED) is 0.482. The van der Waals surface area contributed by atoms with E-state index in [0.29, 0.717) is 17.9 Å². The smallest absolute Gasteiger partial charge is 0.338 e. The molecule has 6 heteroatoms. The van der Waals surface area contributed by atoms with Crippen LogP contribution in [0.5, 0.6) is 0 Å². The summed E-state index contributed by atoms with van der Waals surface area (Å²) in [4.78, 5) is 11.6. The molecule has 1 aromatic rings. The molecule has 0 atom stereocenters. The second-order valence-electron chi connectivity index (χ2n) is 3.63. The Morgan fingerprint density at radius 1 is 1.25 bits per heavy atom. The number of rotatable bonds is 6. The summed E-state index contributed by atoms with van der Waals surface area (Å²) in [5.74, 6) is -0.432. The van der Waals surface area contributed by atoms with Crippen LogP contribution in [0.25, 0.3) is 0 Å². The normalized spacial score (nSPS) is 8.95. The summed E-state index contributed by atoms with van der Waals surface area (Å²) in [6.07, 6.45) is 1.30. The number of nitrogens with one attached hydrogen (secondary N) is 1. The van der Waals surface area contributed by atoms with E-state index in [4.69, 9.17) is 20.0 Å². The third-order valence-corrected chi connectivity index (χ3v) is 2.27. The highest BCUT2D eigenvalue weighted by Crippen LogP contribution is 2.11. The molecule has 0 aliphatic heterocycles. The second kappa shape index (κ2) is 8.30. The Labute approximate surface area is 116 Å². The highest BCUT2D eigenvalue weighted by atomic mass is 16.6. The van der Waals surface area contributed by atoms with Crippen molar-refractivity contribution in [1.29, 1.82) is 10.5 Å². The van der Waals surface area contributed by atoms with Crippen molar-refractivity contribution in [2.24, 2.45) is 0 Å². The maximum absolute atomic E-state index is 11.6. The Kier molecular flexibility index (Phi) is 6.32. The number of carbonyl (C=O) groups is 1. The van der Waals surface area contributed by atoms with E-state index in [0.717, 1.165) is 0 Å². The fraction of sp³-hybridized carbons (Fsp3) is 0.214. The topological polar surface area (TPSA) is 95.1 Å². The molecule has 1 N–H and O–H groups in total. The number of hydrogen-bond donors (Lipinski definition) is 1. The van der Waals surface area contributed by atoms with E-state index in [1.807, 2.05) is 0 Å². The molecule has 20 heavy (non-hydrogen) atoms. The predicted molar refractivity (Wildman–Crippen MR) is 71.5 cm³/mol. The van der Waals surface area contributed by atoms with Crippen molar-refractivity contribution in [1.82, 2.24) is 0 Å². The number of methoxy groups -OCH3 is 1. The van der Waals surface area contributed by atoms with Crippen molar-refractivity contribution in [2.45, 2.75) is 0 Å². The minimum Gasteiger partial charge on any atom is -0.460 e. The number of allylic oxidation sites excluding steroid dienone is 1. The summed E-state index contributed by atoms with van der Waals surface area (Å²) in [5.41, 5.74) is 1.03. The van der Waals surface area contributed by atoms with Gasteiger partial charge in [-0.3, -0.25) is 0 Å². The molecule has 0 fully saturated rings. The molecule has 0 unspecified atom stereocenters. The first-order valence-corrected chi connectivity index (χ1v) is 5.74. The standard InChI is InChI=1S/C14H13N3O3/c1-19-6-7-20-14(18)12-2-4-13(5-3-12)17-10-11(8-15)9-16/h2-5,10,17H,6-7H2,1H3. The average Bonchev–Trinajstić information content (AvgIpc) is 2.49. The van der Waals surface area contributed by atoms with Gasteiger partial charge in [-0.1, -0.05) is 0 Å². The van der Waals surface area contributed by atoms with Gasteiger partial charge in [-0.25, -0.2) is 4.79 Å². The van der Waals surface area contributed by atoms with Crippen LogP contribution in [0.1, 0.15) is 10.4 Å². The lowest BCUT2D eigenvalue weighted by molar-refractivity contribution is 0.0388. The Balaban J connectivity index is 2.61. The minimum atomic E-state index is -0.432. The summed E-state index contributed by atoms with van der Waals surface area (Å²) < 4.78 is 9.74. The molecule has 0 heterocycles. The number of carbonyl (C=O) groups excluding carboxylic acids is 1. The molecular formula is C14H13N3O3. The molecule has 1 aromatic carbocycles. The van der Waals surface area contributed by atoms with Gasteiger partial charge in [-0.2, -0.15) is 10.5 Å². The van der Waals surface area contributed by atoms with Crippen molar-refractivity contribution < 1.29 is 14.3 Å². The van der Waals surface area contributed by atoms with E-state index in [2.05, 4.69) is 5.32 Å². The third-order valence-electron chi connectivity index (χ3n) is 2.27. The van der Waals surface area contributed by atoms with E-state index in [1.165, 1.54) is 13.3 Å². The zero-order chi connectivity index (χ0) is 14.8. The van der Waals surface area contributed by atoms with Gasteiger partial charge in [0.15, 0.2) is 0 Å². The van der Waals surface area contributed by atoms with Crippen LogP contribution < -0.4 is 5.32 Å². The largest absolute Gasteiger partial charge is 0.460 e. The lowest BCUT2D eigenvalue weighted by atomic mass is 10.2. The Hall–Kier alpha value is -2.83. The molecule has 0 aliphatic rings. The summed E-state index contributed by atoms with van der Waals surface area (Å²) in [7, 11) is 1.53. The summed E-state index contributed by atoms with van der Waals surface area (Å²) in [5, 5.41) is 19.9. The summed E-state index contributed by atoms with van der Waals surface area (Å²) >= 11 is 0. The number of hydrogen-bond acceptors (Lipinski definition) is 6. The number of esters is 1. The molecule has 0 radical (unpaired) electrons. The molecule has 1 rings (SSSR count). The van der Waals surface area contributed by atoms with Crippen molar-refractivity contribution >= 4 is 11.7 Å². The average molecular weight is 271 g/mol. The zero-order valence-corrected chi connectivity index (χ0v) is 10.9. The summed E-state index contributed by atoms with van der Waals surface area (Å²) in [6.45, 7) is 0.549. The van der Waals surface area contributed by atoms with Crippen LogP contribution in [0.2, 0.25) is 0 Å². The molecular weight excluding hydrogens is 258 g/mol. The van der Waals surface area contributed by atoms with Crippen LogP contribution in [0.3, 0.4) is 0 Å².